The molecule has 1 fully saturated rings. The monoisotopic (exact) mass is 380 g/mol. The smallest absolute Gasteiger partial charge is 0.251 e. The molecule has 0 aliphatic carbocycles. The summed E-state index contributed by atoms with van der Waals surface area (Å²) in [6, 6.07) is 7.50. The lowest BCUT2D eigenvalue weighted by molar-refractivity contribution is 0.0963. The Bertz CT molecular complexity index is 787. The van der Waals surface area contributed by atoms with Gasteiger partial charge in [0.05, 0.1) is 10.5 Å². The standard InChI is InChI=1S/C18H28N4O3S/c1-18(2)13-22(10-11-26(18,24)25)17(20-4)21-9-8-14-6-5-7-15(12-14)16(23)19-3/h5-7,12H,8-11,13H2,1-4H3,(H,19,23)(H,20,21). The van der Waals surface area contributed by atoms with Gasteiger partial charge in [0.25, 0.3) is 5.91 Å². The predicted molar refractivity (Wildman–Crippen MR) is 104 cm³/mol. The van der Waals surface area contributed by atoms with Gasteiger partial charge >= 0.3 is 0 Å². The minimum Gasteiger partial charge on any atom is -0.356 e. The Labute approximate surface area is 155 Å². The third-order valence-corrected chi connectivity index (χ3v) is 7.20. The second-order valence-electron chi connectivity index (χ2n) is 7.00. The van der Waals surface area contributed by atoms with Gasteiger partial charge in [-0.05, 0) is 38.0 Å². The first-order chi connectivity index (χ1) is 12.2. The number of carbonyl (C=O) groups is 1. The number of benzene rings is 1. The normalized spacial score (nSPS) is 19.1. The topological polar surface area (TPSA) is 90.9 Å². The molecule has 0 aromatic heterocycles. The number of aliphatic imine (C=N–C) groups is 1. The van der Waals surface area contributed by atoms with Gasteiger partial charge in [0.15, 0.2) is 15.8 Å². The molecular formula is C18H28N4O3S. The first-order valence-electron chi connectivity index (χ1n) is 8.69. The summed E-state index contributed by atoms with van der Waals surface area (Å²) in [7, 11) is 0.234. The Balaban J connectivity index is 1.95. The van der Waals surface area contributed by atoms with E-state index in [1.165, 1.54) is 0 Å². The van der Waals surface area contributed by atoms with Crippen molar-refractivity contribution >= 4 is 21.7 Å². The molecule has 1 aromatic carbocycles. The van der Waals surface area contributed by atoms with Gasteiger partial charge in [0, 0.05) is 39.3 Å². The van der Waals surface area contributed by atoms with Crippen molar-refractivity contribution < 1.29 is 13.2 Å². The van der Waals surface area contributed by atoms with Crippen LogP contribution in [0.2, 0.25) is 0 Å². The second-order valence-corrected chi connectivity index (χ2v) is 9.75. The lowest BCUT2D eigenvalue weighted by atomic mass is 10.1. The molecule has 2 rings (SSSR count). The van der Waals surface area contributed by atoms with E-state index in [0.717, 1.165) is 12.0 Å². The highest BCUT2D eigenvalue weighted by atomic mass is 32.2. The van der Waals surface area contributed by atoms with Gasteiger partial charge in [-0.1, -0.05) is 12.1 Å². The highest BCUT2D eigenvalue weighted by molar-refractivity contribution is 7.92. The van der Waals surface area contributed by atoms with Crippen molar-refractivity contribution in [1.82, 2.24) is 15.5 Å². The summed E-state index contributed by atoms with van der Waals surface area (Å²) in [4.78, 5) is 18.0. The highest BCUT2D eigenvalue weighted by Crippen LogP contribution is 2.23. The molecule has 0 radical (unpaired) electrons. The van der Waals surface area contributed by atoms with Crippen LogP contribution in [-0.2, 0) is 16.3 Å². The van der Waals surface area contributed by atoms with Crippen LogP contribution in [0.3, 0.4) is 0 Å². The van der Waals surface area contributed by atoms with Gasteiger partial charge in [0.2, 0.25) is 0 Å². The van der Waals surface area contributed by atoms with Gasteiger partial charge in [-0.2, -0.15) is 0 Å². The van der Waals surface area contributed by atoms with Crippen LogP contribution in [0.4, 0.5) is 0 Å². The molecular weight excluding hydrogens is 352 g/mol. The zero-order valence-corrected chi connectivity index (χ0v) is 16.7. The van der Waals surface area contributed by atoms with Gasteiger partial charge in [-0.15, -0.1) is 0 Å². The quantitative estimate of drug-likeness (QED) is 0.592. The van der Waals surface area contributed by atoms with E-state index < -0.39 is 14.6 Å². The molecule has 144 valence electrons. The van der Waals surface area contributed by atoms with Crippen molar-refractivity contribution in [2.24, 2.45) is 4.99 Å². The zero-order chi connectivity index (χ0) is 19.4. The predicted octanol–water partition coefficient (Wildman–Crippen LogP) is 0.673. The molecule has 1 aliphatic heterocycles. The number of hydrogen-bond acceptors (Lipinski definition) is 4. The van der Waals surface area contributed by atoms with Gasteiger partial charge < -0.3 is 15.5 Å². The fourth-order valence-corrected chi connectivity index (χ4v) is 4.35. The van der Waals surface area contributed by atoms with Gasteiger partial charge in [-0.3, -0.25) is 9.79 Å². The minimum atomic E-state index is -3.08. The summed E-state index contributed by atoms with van der Waals surface area (Å²) >= 11 is 0. The molecule has 26 heavy (non-hydrogen) atoms. The van der Waals surface area contributed by atoms with Gasteiger partial charge in [-0.25, -0.2) is 8.42 Å². The number of nitrogens with zero attached hydrogens (tertiary/aromatic N) is 2. The number of carbonyl (C=O) groups excluding carboxylic acids is 1. The van der Waals surface area contributed by atoms with Crippen LogP contribution in [0.5, 0.6) is 0 Å². The first-order valence-corrected chi connectivity index (χ1v) is 10.3. The van der Waals surface area contributed by atoms with E-state index in [2.05, 4.69) is 15.6 Å². The number of amides is 1. The number of guanidine groups is 1. The van der Waals surface area contributed by atoms with E-state index >= 15 is 0 Å². The Morgan fingerprint density at radius 1 is 1.35 bits per heavy atom. The largest absolute Gasteiger partial charge is 0.356 e. The van der Waals surface area contributed by atoms with E-state index in [1.807, 2.05) is 23.1 Å². The molecule has 0 spiro atoms. The van der Waals surface area contributed by atoms with E-state index in [9.17, 15) is 13.2 Å². The summed E-state index contributed by atoms with van der Waals surface area (Å²) in [6.45, 7) is 5.02. The third-order valence-electron chi connectivity index (χ3n) is 4.67. The lowest BCUT2D eigenvalue weighted by Gasteiger charge is -2.39. The van der Waals surface area contributed by atoms with Crippen molar-refractivity contribution in [3.63, 3.8) is 0 Å². The maximum Gasteiger partial charge on any atom is 0.251 e. The molecule has 1 heterocycles. The minimum absolute atomic E-state index is 0.104. The molecule has 1 saturated heterocycles. The van der Waals surface area contributed by atoms with E-state index in [1.54, 1.807) is 34.0 Å². The average molecular weight is 381 g/mol. The molecule has 1 amide bonds. The van der Waals surface area contributed by atoms with Crippen LogP contribution in [-0.4, -0.2) is 69.4 Å². The van der Waals surface area contributed by atoms with Crippen LogP contribution in [0.25, 0.3) is 0 Å². The molecule has 0 atom stereocenters. The molecule has 8 heteroatoms. The molecule has 1 aliphatic rings. The highest BCUT2D eigenvalue weighted by Gasteiger charge is 2.40. The molecule has 1 aromatic rings. The summed E-state index contributed by atoms with van der Waals surface area (Å²) in [5, 5.41) is 5.92. The molecule has 0 unspecified atom stereocenters. The summed E-state index contributed by atoms with van der Waals surface area (Å²) in [6.07, 6.45) is 0.736. The fourth-order valence-electron chi connectivity index (χ4n) is 2.99. The molecule has 2 N–H and O–H groups in total. The van der Waals surface area contributed by atoms with Crippen LogP contribution in [0, 0.1) is 0 Å². The Morgan fingerprint density at radius 2 is 2.08 bits per heavy atom. The number of sulfone groups is 1. The van der Waals surface area contributed by atoms with E-state index in [4.69, 9.17) is 0 Å². The van der Waals surface area contributed by atoms with Crippen LogP contribution in [0.15, 0.2) is 29.3 Å². The van der Waals surface area contributed by atoms with Crippen molar-refractivity contribution in [2.45, 2.75) is 25.0 Å². The molecule has 0 bridgehead atoms. The van der Waals surface area contributed by atoms with Crippen molar-refractivity contribution in [2.75, 3.05) is 39.5 Å². The lowest BCUT2D eigenvalue weighted by Crippen LogP contribution is -2.57. The maximum atomic E-state index is 12.2. The first kappa shape index (κ1) is 20.2. The Kier molecular flexibility index (Phi) is 6.28. The van der Waals surface area contributed by atoms with E-state index in [-0.39, 0.29) is 11.7 Å². The van der Waals surface area contributed by atoms with E-state index in [0.29, 0.717) is 31.2 Å². The zero-order valence-electron chi connectivity index (χ0n) is 15.9. The van der Waals surface area contributed by atoms with Crippen molar-refractivity contribution in [3.8, 4) is 0 Å². The number of rotatable bonds is 4. The second kappa shape index (κ2) is 8.07. The fraction of sp³-hybridized carbons (Fsp3) is 0.556. The van der Waals surface area contributed by atoms with Crippen molar-refractivity contribution in [1.29, 1.82) is 0 Å². The van der Waals surface area contributed by atoms with Crippen LogP contribution < -0.4 is 10.6 Å². The Morgan fingerprint density at radius 3 is 2.69 bits per heavy atom. The van der Waals surface area contributed by atoms with Crippen LogP contribution >= 0.6 is 0 Å². The SMILES string of the molecule is CN=C(NCCc1cccc(C(=O)NC)c1)N1CCS(=O)(=O)C(C)(C)C1. The van der Waals surface area contributed by atoms with Crippen LogP contribution in [0.1, 0.15) is 29.8 Å². The number of hydrogen-bond donors (Lipinski definition) is 2. The van der Waals surface area contributed by atoms with Gasteiger partial charge in [0.1, 0.15) is 0 Å². The maximum absolute atomic E-state index is 12.2. The summed E-state index contributed by atoms with van der Waals surface area (Å²) in [5.74, 6) is 0.734. The summed E-state index contributed by atoms with van der Waals surface area (Å²) in [5.41, 5.74) is 1.69. The number of nitrogens with one attached hydrogen (secondary N) is 2. The summed E-state index contributed by atoms with van der Waals surface area (Å²) < 4.78 is 23.5. The third kappa shape index (κ3) is 4.55. The average Bonchev–Trinajstić information content (AvgIpc) is 2.61. The van der Waals surface area contributed by atoms with Crippen molar-refractivity contribution in [3.05, 3.63) is 35.4 Å². The Hall–Kier alpha value is -2.09. The molecule has 0 saturated carbocycles. The molecule has 7 nitrogen and oxygen atoms in total.